The zero-order chi connectivity index (χ0) is 14.5. The molecule has 5 nitrogen and oxygen atoms in total. The van der Waals surface area contributed by atoms with Crippen molar-refractivity contribution in [1.29, 1.82) is 0 Å². The largest absolute Gasteiger partial charge is 0.373 e. The van der Waals surface area contributed by atoms with Crippen LogP contribution in [0.25, 0.3) is 0 Å². The molecule has 0 saturated heterocycles. The van der Waals surface area contributed by atoms with Crippen molar-refractivity contribution in [3.05, 3.63) is 22.6 Å². The maximum absolute atomic E-state index is 11.9. The summed E-state index contributed by atoms with van der Waals surface area (Å²) in [5, 5.41) is 4.22. The summed E-state index contributed by atoms with van der Waals surface area (Å²) < 4.78 is 1.53. The highest BCUT2D eigenvalue weighted by atomic mass is 16.1. The van der Waals surface area contributed by atoms with E-state index >= 15 is 0 Å². The van der Waals surface area contributed by atoms with Gasteiger partial charge < -0.3 is 10.6 Å². The van der Waals surface area contributed by atoms with E-state index in [1.807, 2.05) is 18.9 Å². The first-order valence-corrected chi connectivity index (χ1v) is 6.88. The fourth-order valence-corrected chi connectivity index (χ4v) is 1.79. The number of rotatable bonds is 7. The number of aryl methyl sites for hydroxylation is 1. The fourth-order valence-electron chi connectivity index (χ4n) is 1.79. The molecule has 0 saturated carbocycles. The maximum atomic E-state index is 11.9. The average Bonchev–Trinajstić information content (AvgIpc) is 2.39. The van der Waals surface area contributed by atoms with E-state index < -0.39 is 0 Å². The molecule has 2 N–H and O–H groups in total. The van der Waals surface area contributed by atoms with Crippen LogP contribution in [0.5, 0.6) is 0 Å². The quantitative estimate of drug-likeness (QED) is 0.811. The van der Waals surface area contributed by atoms with Crippen LogP contribution in [0.2, 0.25) is 0 Å². The number of nitrogens with zero attached hydrogens (tertiary/aromatic N) is 3. The Morgan fingerprint density at radius 2 is 2.16 bits per heavy atom. The molecule has 0 aliphatic rings. The van der Waals surface area contributed by atoms with Gasteiger partial charge in [-0.25, -0.2) is 4.68 Å². The average molecular weight is 266 g/mol. The Bertz CT molecular complexity index is 453. The van der Waals surface area contributed by atoms with E-state index in [9.17, 15) is 4.79 Å². The summed E-state index contributed by atoms with van der Waals surface area (Å²) in [4.78, 5) is 13.9. The Morgan fingerprint density at radius 1 is 1.47 bits per heavy atom. The van der Waals surface area contributed by atoms with Crippen molar-refractivity contribution in [2.24, 2.45) is 11.1 Å². The number of anilines is 1. The van der Waals surface area contributed by atoms with Gasteiger partial charge in [-0.15, -0.1) is 0 Å². The van der Waals surface area contributed by atoms with Crippen LogP contribution in [-0.4, -0.2) is 29.9 Å². The van der Waals surface area contributed by atoms with Gasteiger partial charge in [0.05, 0.1) is 11.9 Å². The van der Waals surface area contributed by atoms with Gasteiger partial charge in [-0.05, 0) is 31.7 Å². The molecular formula is C14H26N4O. The summed E-state index contributed by atoms with van der Waals surface area (Å²) in [5.41, 5.74) is 6.65. The van der Waals surface area contributed by atoms with E-state index in [1.54, 1.807) is 12.3 Å². The molecule has 1 heterocycles. The molecule has 0 spiro atoms. The van der Waals surface area contributed by atoms with Gasteiger partial charge in [0.15, 0.2) is 0 Å². The summed E-state index contributed by atoms with van der Waals surface area (Å²) in [5.74, 6) is 0. The van der Waals surface area contributed by atoms with Gasteiger partial charge in [0.2, 0.25) is 0 Å². The first kappa shape index (κ1) is 15.7. The Balaban J connectivity index is 2.63. The molecule has 0 unspecified atom stereocenters. The van der Waals surface area contributed by atoms with Crippen LogP contribution in [0.15, 0.2) is 17.1 Å². The molecule has 5 heteroatoms. The molecule has 0 amide bonds. The summed E-state index contributed by atoms with van der Waals surface area (Å²) in [6, 6.07) is 1.64. The van der Waals surface area contributed by atoms with E-state index in [0.717, 1.165) is 25.1 Å². The van der Waals surface area contributed by atoms with Crippen LogP contribution in [0.4, 0.5) is 5.69 Å². The zero-order valence-corrected chi connectivity index (χ0v) is 12.5. The first-order valence-electron chi connectivity index (χ1n) is 6.88. The Morgan fingerprint density at radius 3 is 2.68 bits per heavy atom. The van der Waals surface area contributed by atoms with Gasteiger partial charge >= 0.3 is 0 Å². The second kappa shape index (κ2) is 6.70. The number of hydrogen-bond acceptors (Lipinski definition) is 4. The molecule has 108 valence electrons. The van der Waals surface area contributed by atoms with Gasteiger partial charge in [-0.2, -0.15) is 5.10 Å². The lowest BCUT2D eigenvalue weighted by Gasteiger charge is -2.22. The van der Waals surface area contributed by atoms with Crippen LogP contribution in [0, 0.1) is 5.41 Å². The number of nitrogens with two attached hydrogens (primary N) is 1. The van der Waals surface area contributed by atoms with Gasteiger partial charge in [-0.3, -0.25) is 4.79 Å². The smallest absolute Gasteiger partial charge is 0.268 e. The van der Waals surface area contributed by atoms with Crippen molar-refractivity contribution in [1.82, 2.24) is 9.78 Å². The molecule has 0 aromatic carbocycles. The molecule has 1 rings (SSSR count). The highest BCUT2D eigenvalue weighted by molar-refractivity contribution is 5.41. The third-order valence-corrected chi connectivity index (χ3v) is 3.55. The Hall–Kier alpha value is -1.36. The summed E-state index contributed by atoms with van der Waals surface area (Å²) in [6.45, 7) is 8.50. The van der Waals surface area contributed by atoms with E-state index in [0.29, 0.717) is 13.1 Å². The minimum Gasteiger partial charge on any atom is -0.373 e. The molecule has 0 bridgehead atoms. The number of hydrogen-bond donors (Lipinski definition) is 1. The fraction of sp³-hybridized carbons (Fsp3) is 0.714. The number of aromatic nitrogens is 2. The van der Waals surface area contributed by atoms with E-state index in [1.165, 1.54) is 4.68 Å². The monoisotopic (exact) mass is 266 g/mol. The van der Waals surface area contributed by atoms with E-state index in [2.05, 4.69) is 18.9 Å². The molecule has 0 aliphatic carbocycles. The topological polar surface area (TPSA) is 64.2 Å². The molecule has 1 aromatic rings. The van der Waals surface area contributed by atoms with Crippen LogP contribution >= 0.6 is 0 Å². The second-order valence-corrected chi connectivity index (χ2v) is 5.76. The summed E-state index contributed by atoms with van der Waals surface area (Å²) in [6.07, 6.45) is 3.66. The second-order valence-electron chi connectivity index (χ2n) is 5.76. The lowest BCUT2D eigenvalue weighted by Crippen LogP contribution is -2.27. The normalized spacial score (nSPS) is 11.6. The SMILES string of the molecule is CCN(C)c1cnn(CCCC(C)(C)CN)c(=O)c1. The van der Waals surface area contributed by atoms with Crippen molar-refractivity contribution < 1.29 is 0 Å². The lowest BCUT2D eigenvalue weighted by atomic mass is 9.88. The Labute approximate surface area is 115 Å². The van der Waals surface area contributed by atoms with Crippen LogP contribution in [0.3, 0.4) is 0 Å². The molecule has 19 heavy (non-hydrogen) atoms. The maximum Gasteiger partial charge on any atom is 0.268 e. The van der Waals surface area contributed by atoms with Gasteiger partial charge in [0, 0.05) is 26.2 Å². The standard InChI is InChI=1S/C14H26N4O/c1-5-17(4)12-9-13(19)18(16-10-12)8-6-7-14(2,3)11-15/h9-10H,5-8,11,15H2,1-4H3. The first-order chi connectivity index (χ1) is 8.89. The minimum atomic E-state index is -0.0386. The predicted molar refractivity (Wildman–Crippen MR) is 79.5 cm³/mol. The lowest BCUT2D eigenvalue weighted by molar-refractivity contribution is 0.322. The molecule has 0 fully saturated rings. The van der Waals surface area contributed by atoms with Crippen LogP contribution < -0.4 is 16.2 Å². The van der Waals surface area contributed by atoms with Crippen LogP contribution in [0.1, 0.15) is 33.6 Å². The third kappa shape index (κ3) is 4.67. The molecule has 1 aromatic heterocycles. The highest BCUT2D eigenvalue weighted by Gasteiger charge is 2.15. The summed E-state index contributed by atoms with van der Waals surface area (Å²) >= 11 is 0. The zero-order valence-electron chi connectivity index (χ0n) is 12.5. The minimum absolute atomic E-state index is 0.0386. The van der Waals surface area contributed by atoms with Crippen molar-refractivity contribution in [2.45, 2.75) is 40.2 Å². The third-order valence-electron chi connectivity index (χ3n) is 3.55. The van der Waals surface area contributed by atoms with Gasteiger partial charge in [-0.1, -0.05) is 13.8 Å². The van der Waals surface area contributed by atoms with E-state index in [4.69, 9.17) is 5.73 Å². The molecular weight excluding hydrogens is 240 g/mol. The van der Waals surface area contributed by atoms with Crippen molar-refractivity contribution in [2.75, 3.05) is 25.0 Å². The van der Waals surface area contributed by atoms with Crippen molar-refractivity contribution in [3.63, 3.8) is 0 Å². The van der Waals surface area contributed by atoms with E-state index in [-0.39, 0.29) is 11.0 Å². The molecule has 0 aliphatic heterocycles. The molecule has 0 atom stereocenters. The van der Waals surface area contributed by atoms with Crippen molar-refractivity contribution >= 4 is 5.69 Å². The van der Waals surface area contributed by atoms with Gasteiger partial charge in [0.25, 0.3) is 5.56 Å². The Kier molecular flexibility index (Phi) is 5.54. The van der Waals surface area contributed by atoms with Crippen molar-refractivity contribution in [3.8, 4) is 0 Å². The summed E-state index contributed by atoms with van der Waals surface area (Å²) in [7, 11) is 1.95. The molecule has 0 radical (unpaired) electrons. The highest BCUT2D eigenvalue weighted by Crippen LogP contribution is 2.20. The van der Waals surface area contributed by atoms with Gasteiger partial charge in [0.1, 0.15) is 0 Å². The van der Waals surface area contributed by atoms with Crippen LogP contribution in [-0.2, 0) is 6.54 Å². The predicted octanol–water partition coefficient (Wildman–Crippen LogP) is 1.46.